The van der Waals surface area contributed by atoms with E-state index in [9.17, 15) is 4.79 Å². The molecule has 100 valence electrons. The van der Waals surface area contributed by atoms with Crippen LogP contribution in [0.4, 0.5) is 0 Å². The Balaban J connectivity index is 2.69. The van der Waals surface area contributed by atoms with Crippen LogP contribution < -0.4 is 0 Å². The number of unbranched alkanes of at least 4 members (excludes halogenated alkanes) is 2. The second-order valence-electron chi connectivity index (χ2n) is 4.39. The topological polar surface area (TPSA) is 53.4 Å². The maximum atomic E-state index is 12.2. The van der Waals surface area contributed by atoms with Crippen molar-refractivity contribution in [1.29, 1.82) is 0 Å². The molecule has 0 atom stereocenters. The summed E-state index contributed by atoms with van der Waals surface area (Å²) in [6.45, 7) is 5.04. The average Bonchev–Trinajstić information content (AvgIpc) is 2.37. The van der Waals surface area contributed by atoms with Gasteiger partial charge in [-0.25, -0.2) is 4.98 Å². The third-order valence-corrected chi connectivity index (χ3v) is 2.80. The number of nitrogens with zero attached hydrogens (tertiary/aromatic N) is 2. The Morgan fingerprint density at radius 2 is 2.11 bits per heavy atom. The number of hydrogen-bond donors (Lipinski definition) is 1. The highest BCUT2D eigenvalue weighted by Gasteiger charge is 2.15. The molecule has 1 rings (SSSR count). The van der Waals surface area contributed by atoms with Crippen molar-refractivity contribution >= 4 is 5.91 Å². The first kappa shape index (κ1) is 14.6. The fourth-order valence-corrected chi connectivity index (χ4v) is 1.81. The van der Waals surface area contributed by atoms with Crippen LogP contribution in [0, 0.1) is 6.92 Å². The monoisotopic (exact) mass is 250 g/mol. The number of carbonyl (C=O) groups is 1. The van der Waals surface area contributed by atoms with Crippen LogP contribution in [0.3, 0.4) is 0 Å². The summed E-state index contributed by atoms with van der Waals surface area (Å²) in [7, 11) is 0. The predicted octanol–water partition coefficient (Wildman–Crippen LogP) is 2.01. The molecule has 1 amide bonds. The molecule has 0 aliphatic heterocycles. The van der Waals surface area contributed by atoms with Crippen LogP contribution in [-0.2, 0) is 0 Å². The van der Waals surface area contributed by atoms with Gasteiger partial charge in [0.2, 0.25) is 0 Å². The molecular weight excluding hydrogens is 228 g/mol. The smallest absolute Gasteiger partial charge is 0.272 e. The first-order chi connectivity index (χ1) is 8.69. The highest BCUT2D eigenvalue weighted by Crippen LogP contribution is 2.06. The van der Waals surface area contributed by atoms with Crippen molar-refractivity contribution < 1.29 is 9.90 Å². The van der Waals surface area contributed by atoms with Crippen LogP contribution in [0.2, 0.25) is 0 Å². The van der Waals surface area contributed by atoms with Gasteiger partial charge in [-0.2, -0.15) is 0 Å². The van der Waals surface area contributed by atoms with E-state index in [4.69, 9.17) is 5.11 Å². The first-order valence-corrected chi connectivity index (χ1v) is 6.52. The van der Waals surface area contributed by atoms with Crippen molar-refractivity contribution in [1.82, 2.24) is 9.88 Å². The lowest BCUT2D eigenvalue weighted by Crippen LogP contribution is -2.35. The van der Waals surface area contributed by atoms with E-state index in [0.717, 1.165) is 25.0 Å². The van der Waals surface area contributed by atoms with E-state index in [1.807, 2.05) is 19.1 Å². The molecule has 1 N–H and O–H groups in total. The number of carbonyl (C=O) groups excluding carboxylic acids is 1. The van der Waals surface area contributed by atoms with Crippen molar-refractivity contribution in [2.45, 2.75) is 33.1 Å². The van der Waals surface area contributed by atoms with Crippen molar-refractivity contribution in [2.75, 3.05) is 19.7 Å². The number of hydrogen-bond acceptors (Lipinski definition) is 3. The lowest BCUT2D eigenvalue weighted by atomic mass is 10.2. The summed E-state index contributed by atoms with van der Waals surface area (Å²) in [5.41, 5.74) is 1.29. The van der Waals surface area contributed by atoms with Gasteiger partial charge in [0.25, 0.3) is 5.91 Å². The zero-order chi connectivity index (χ0) is 13.4. The number of aliphatic hydroxyl groups excluding tert-OH is 1. The molecule has 0 radical (unpaired) electrons. The molecule has 0 saturated heterocycles. The van der Waals surface area contributed by atoms with Crippen LogP contribution in [0.15, 0.2) is 18.2 Å². The van der Waals surface area contributed by atoms with Crippen molar-refractivity contribution in [3.63, 3.8) is 0 Å². The minimum atomic E-state index is -0.0937. The molecule has 0 spiro atoms. The van der Waals surface area contributed by atoms with Gasteiger partial charge in [-0.1, -0.05) is 25.8 Å². The lowest BCUT2D eigenvalue weighted by molar-refractivity contribution is 0.0712. The Bertz CT molecular complexity index is 380. The van der Waals surface area contributed by atoms with Gasteiger partial charge in [0.1, 0.15) is 5.69 Å². The molecule has 0 fully saturated rings. The number of aliphatic hydroxyl groups is 1. The summed E-state index contributed by atoms with van der Waals surface area (Å²) in [5.74, 6) is -0.0937. The Kier molecular flexibility index (Phi) is 6.36. The van der Waals surface area contributed by atoms with Crippen molar-refractivity contribution in [2.24, 2.45) is 0 Å². The number of aryl methyl sites for hydroxylation is 1. The zero-order valence-corrected chi connectivity index (χ0v) is 11.2. The first-order valence-electron chi connectivity index (χ1n) is 6.52. The second kappa shape index (κ2) is 7.82. The average molecular weight is 250 g/mol. The molecule has 1 aromatic heterocycles. The maximum absolute atomic E-state index is 12.2. The summed E-state index contributed by atoms with van der Waals surface area (Å²) in [4.78, 5) is 18.1. The Hall–Kier alpha value is -1.42. The van der Waals surface area contributed by atoms with E-state index in [1.54, 1.807) is 11.0 Å². The van der Waals surface area contributed by atoms with E-state index in [0.29, 0.717) is 18.8 Å². The molecule has 0 aliphatic carbocycles. The largest absolute Gasteiger partial charge is 0.395 e. The normalized spacial score (nSPS) is 10.4. The predicted molar refractivity (Wildman–Crippen MR) is 71.5 cm³/mol. The molecular formula is C14H22N2O2. The number of rotatable bonds is 7. The summed E-state index contributed by atoms with van der Waals surface area (Å²) in [6.07, 6.45) is 3.17. The van der Waals surface area contributed by atoms with Gasteiger partial charge in [0.05, 0.1) is 6.61 Å². The lowest BCUT2D eigenvalue weighted by Gasteiger charge is -2.21. The van der Waals surface area contributed by atoms with E-state index in [-0.39, 0.29) is 12.5 Å². The van der Waals surface area contributed by atoms with Crippen LogP contribution in [-0.4, -0.2) is 40.6 Å². The summed E-state index contributed by atoms with van der Waals surface area (Å²) < 4.78 is 0. The molecule has 0 aromatic carbocycles. The molecule has 0 aliphatic rings. The molecule has 4 nitrogen and oxygen atoms in total. The minimum Gasteiger partial charge on any atom is -0.395 e. The minimum absolute atomic E-state index is 0.0102. The van der Waals surface area contributed by atoms with Crippen LogP contribution in [0.25, 0.3) is 0 Å². The third-order valence-electron chi connectivity index (χ3n) is 2.80. The zero-order valence-electron chi connectivity index (χ0n) is 11.2. The summed E-state index contributed by atoms with van der Waals surface area (Å²) in [6, 6.07) is 5.42. The maximum Gasteiger partial charge on any atom is 0.272 e. The highest BCUT2D eigenvalue weighted by atomic mass is 16.3. The van der Waals surface area contributed by atoms with E-state index >= 15 is 0 Å². The Morgan fingerprint density at radius 3 is 2.72 bits per heavy atom. The van der Waals surface area contributed by atoms with E-state index in [1.165, 1.54) is 0 Å². The fraction of sp³-hybridized carbons (Fsp3) is 0.571. The second-order valence-corrected chi connectivity index (χ2v) is 4.39. The van der Waals surface area contributed by atoms with Crippen molar-refractivity contribution in [3.8, 4) is 0 Å². The molecule has 18 heavy (non-hydrogen) atoms. The van der Waals surface area contributed by atoms with Crippen molar-refractivity contribution in [3.05, 3.63) is 29.6 Å². The van der Waals surface area contributed by atoms with Crippen LogP contribution in [0.1, 0.15) is 42.4 Å². The fourth-order valence-electron chi connectivity index (χ4n) is 1.81. The molecule has 1 aromatic rings. The summed E-state index contributed by atoms with van der Waals surface area (Å²) >= 11 is 0. The molecule has 0 bridgehead atoms. The van der Waals surface area contributed by atoms with Gasteiger partial charge in [-0.15, -0.1) is 0 Å². The van der Waals surface area contributed by atoms with E-state index < -0.39 is 0 Å². The van der Waals surface area contributed by atoms with Gasteiger partial charge in [0.15, 0.2) is 0 Å². The van der Waals surface area contributed by atoms with Gasteiger partial charge >= 0.3 is 0 Å². The van der Waals surface area contributed by atoms with Crippen LogP contribution >= 0.6 is 0 Å². The van der Waals surface area contributed by atoms with Gasteiger partial charge < -0.3 is 10.0 Å². The standard InChI is InChI=1S/C14H22N2O2/c1-3-4-5-9-16(10-11-17)14(18)13-8-6-7-12(2)15-13/h6-8,17H,3-5,9-11H2,1-2H3. The van der Waals surface area contributed by atoms with Gasteiger partial charge in [-0.05, 0) is 25.5 Å². The summed E-state index contributed by atoms with van der Waals surface area (Å²) in [5, 5.41) is 9.03. The number of amides is 1. The molecule has 0 unspecified atom stereocenters. The van der Waals surface area contributed by atoms with Crippen LogP contribution in [0.5, 0.6) is 0 Å². The quantitative estimate of drug-likeness (QED) is 0.753. The van der Waals surface area contributed by atoms with Gasteiger partial charge in [-0.3, -0.25) is 4.79 Å². The van der Waals surface area contributed by atoms with E-state index in [2.05, 4.69) is 11.9 Å². The Morgan fingerprint density at radius 1 is 1.33 bits per heavy atom. The van der Waals surface area contributed by atoms with Gasteiger partial charge in [0, 0.05) is 18.8 Å². The third kappa shape index (κ3) is 4.45. The molecule has 0 saturated carbocycles. The Labute approximate surface area is 109 Å². The number of aromatic nitrogens is 1. The highest BCUT2D eigenvalue weighted by molar-refractivity contribution is 5.92. The number of pyridine rings is 1. The SMILES string of the molecule is CCCCCN(CCO)C(=O)c1cccc(C)n1. The molecule has 4 heteroatoms. The molecule has 1 heterocycles.